The zero-order valence-corrected chi connectivity index (χ0v) is 20.8. The summed E-state index contributed by atoms with van der Waals surface area (Å²) in [6, 6.07) is 6.47. The Labute approximate surface area is 206 Å². The van der Waals surface area contributed by atoms with E-state index in [4.69, 9.17) is 4.74 Å². The summed E-state index contributed by atoms with van der Waals surface area (Å²) in [4.78, 5) is 33.7. The highest BCUT2D eigenvalue weighted by atomic mass is 19.4. The molecule has 3 aromatic rings. The van der Waals surface area contributed by atoms with Gasteiger partial charge in [0, 0.05) is 30.4 Å². The lowest BCUT2D eigenvalue weighted by Crippen LogP contribution is -2.48. The number of carbonyl (C=O) groups is 1. The van der Waals surface area contributed by atoms with Crippen LogP contribution in [0.3, 0.4) is 0 Å². The molecule has 1 amide bonds. The first kappa shape index (κ1) is 25.7. The number of fused-ring (bicyclic) bond motifs is 1. The highest BCUT2D eigenvalue weighted by Crippen LogP contribution is 2.37. The summed E-state index contributed by atoms with van der Waals surface area (Å²) >= 11 is 0. The lowest BCUT2D eigenvalue weighted by Gasteiger charge is -2.35. The number of rotatable bonds is 4. The summed E-state index contributed by atoms with van der Waals surface area (Å²) in [6.45, 7) is 9.74. The molecule has 1 fully saturated rings. The van der Waals surface area contributed by atoms with Gasteiger partial charge in [0.15, 0.2) is 0 Å². The fraction of sp³-hybridized carbons (Fsp3) is 0.423. The number of nitrogens with zero attached hydrogens (tertiary/aromatic N) is 2. The van der Waals surface area contributed by atoms with Crippen LogP contribution < -0.4 is 10.9 Å². The van der Waals surface area contributed by atoms with E-state index in [1.54, 1.807) is 36.9 Å². The van der Waals surface area contributed by atoms with E-state index in [2.05, 4.69) is 15.3 Å². The predicted octanol–water partition coefficient (Wildman–Crippen LogP) is 4.98. The van der Waals surface area contributed by atoms with Crippen molar-refractivity contribution in [1.29, 1.82) is 0 Å². The molecule has 192 valence electrons. The van der Waals surface area contributed by atoms with E-state index in [0.29, 0.717) is 29.9 Å². The maximum absolute atomic E-state index is 13.9. The van der Waals surface area contributed by atoms with Crippen LogP contribution in [0.15, 0.2) is 35.1 Å². The van der Waals surface area contributed by atoms with Crippen LogP contribution in [0.2, 0.25) is 0 Å². The lowest BCUT2D eigenvalue weighted by molar-refractivity contribution is -0.138. The average molecular weight is 503 g/mol. The molecule has 4 rings (SSSR count). The van der Waals surface area contributed by atoms with Crippen molar-refractivity contribution in [1.82, 2.24) is 14.9 Å². The molecule has 2 aromatic carbocycles. The molecule has 1 aliphatic rings. The molecule has 1 saturated heterocycles. The summed E-state index contributed by atoms with van der Waals surface area (Å²) in [5.74, 6) is 0.126. The van der Waals surface area contributed by atoms with Crippen molar-refractivity contribution in [3.63, 3.8) is 0 Å². The SMILES string of the molecule is Cc1nc2cc(C(F)(F)F)c(C(C)Nc3ccc(C(=O)N4CC(C)OC(C)C4)cc3C)cc2c(=O)[nH]1. The van der Waals surface area contributed by atoms with E-state index >= 15 is 0 Å². The van der Waals surface area contributed by atoms with E-state index in [0.717, 1.165) is 6.07 Å². The number of benzene rings is 2. The second kappa shape index (κ2) is 9.57. The van der Waals surface area contributed by atoms with E-state index < -0.39 is 23.3 Å². The van der Waals surface area contributed by atoms with E-state index in [1.165, 1.54) is 13.0 Å². The van der Waals surface area contributed by atoms with Gasteiger partial charge in [-0.05, 0) is 76.1 Å². The maximum atomic E-state index is 13.9. The Kier molecular flexibility index (Phi) is 6.83. The molecule has 0 radical (unpaired) electrons. The maximum Gasteiger partial charge on any atom is 0.416 e. The molecule has 0 aliphatic carbocycles. The molecule has 0 bridgehead atoms. The number of aromatic nitrogens is 2. The second-order valence-electron chi connectivity index (χ2n) is 9.47. The standard InChI is InChI=1S/C26H29F3N4O3/c1-13-8-18(25(35)33-11-14(2)36-15(3)12-33)6-7-22(13)30-16(4)19-9-20-23(10-21(19)26(27,28)29)31-17(5)32-24(20)34/h6-10,14-16,30H,11-12H2,1-5H3,(H,31,32,34). The molecule has 2 N–H and O–H groups in total. The highest BCUT2D eigenvalue weighted by molar-refractivity contribution is 5.95. The Bertz CT molecular complexity index is 1360. The van der Waals surface area contributed by atoms with Gasteiger partial charge in [0.25, 0.3) is 11.5 Å². The molecule has 1 aromatic heterocycles. The number of hydrogen-bond acceptors (Lipinski definition) is 5. The van der Waals surface area contributed by atoms with Crippen LogP contribution in [0.5, 0.6) is 0 Å². The third-order valence-electron chi connectivity index (χ3n) is 6.32. The second-order valence-corrected chi connectivity index (χ2v) is 9.47. The number of H-pyrrole nitrogens is 1. The van der Waals surface area contributed by atoms with Gasteiger partial charge < -0.3 is 19.9 Å². The number of hydrogen-bond donors (Lipinski definition) is 2. The van der Waals surface area contributed by atoms with E-state index in [1.807, 2.05) is 13.8 Å². The quantitative estimate of drug-likeness (QED) is 0.526. The van der Waals surface area contributed by atoms with Crippen LogP contribution in [-0.4, -0.2) is 46.1 Å². The minimum atomic E-state index is -4.63. The van der Waals surface area contributed by atoms with Gasteiger partial charge in [0.1, 0.15) is 5.82 Å². The number of morpholine rings is 1. The average Bonchev–Trinajstić information content (AvgIpc) is 2.77. The van der Waals surface area contributed by atoms with Crippen molar-refractivity contribution in [3.05, 3.63) is 68.8 Å². The molecular weight excluding hydrogens is 473 g/mol. The number of aryl methyl sites for hydroxylation is 2. The Morgan fingerprint density at radius 1 is 1.17 bits per heavy atom. The van der Waals surface area contributed by atoms with Crippen LogP contribution in [0, 0.1) is 13.8 Å². The zero-order chi connectivity index (χ0) is 26.4. The summed E-state index contributed by atoms with van der Waals surface area (Å²) < 4.78 is 47.5. The molecule has 0 saturated carbocycles. The number of nitrogens with one attached hydrogen (secondary N) is 2. The lowest BCUT2D eigenvalue weighted by atomic mass is 9.97. The van der Waals surface area contributed by atoms with Crippen molar-refractivity contribution in [2.45, 2.75) is 59.0 Å². The number of amides is 1. The van der Waals surface area contributed by atoms with E-state index in [-0.39, 0.29) is 40.4 Å². The largest absolute Gasteiger partial charge is 0.416 e. The van der Waals surface area contributed by atoms with Crippen LogP contribution >= 0.6 is 0 Å². The van der Waals surface area contributed by atoms with Gasteiger partial charge in [-0.2, -0.15) is 13.2 Å². The summed E-state index contributed by atoms with van der Waals surface area (Å²) in [5.41, 5.74) is 0.380. The summed E-state index contributed by atoms with van der Waals surface area (Å²) in [7, 11) is 0. The number of anilines is 1. The summed E-state index contributed by atoms with van der Waals surface area (Å²) in [6.07, 6.45) is -4.75. The fourth-order valence-electron chi connectivity index (χ4n) is 4.72. The minimum absolute atomic E-state index is 0.00896. The van der Waals surface area contributed by atoms with Crippen LogP contribution in [0.25, 0.3) is 10.9 Å². The molecule has 7 nitrogen and oxygen atoms in total. The first-order valence-corrected chi connectivity index (χ1v) is 11.8. The van der Waals surface area contributed by atoms with Gasteiger partial charge in [-0.3, -0.25) is 9.59 Å². The van der Waals surface area contributed by atoms with Crippen LogP contribution in [0.1, 0.15) is 59.7 Å². The molecule has 3 unspecified atom stereocenters. The minimum Gasteiger partial charge on any atom is -0.378 e. The predicted molar refractivity (Wildman–Crippen MR) is 131 cm³/mol. The van der Waals surface area contributed by atoms with Crippen LogP contribution in [-0.2, 0) is 10.9 Å². The first-order chi connectivity index (χ1) is 16.8. The molecule has 2 heterocycles. The molecule has 10 heteroatoms. The Morgan fingerprint density at radius 3 is 2.44 bits per heavy atom. The van der Waals surface area contributed by atoms with Crippen molar-refractivity contribution in [2.24, 2.45) is 0 Å². The van der Waals surface area contributed by atoms with Gasteiger partial charge in [-0.15, -0.1) is 0 Å². The highest BCUT2D eigenvalue weighted by Gasteiger charge is 2.35. The Hall–Kier alpha value is -3.40. The van der Waals surface area contributed by atoms with Crippen molar-refractivity contribution in [2.75, 3.05) is 18.4 Å². The number of carbonyl (C=O) groups excluding carboxylic acids is 1. The zero-order valence-electron chi connectivity index (χ0n) is 20.8. The molecule has 0 spiro atoms. The van der Waals surface area contributed by atoms with Gasteiger partial charge in [0.05, 0.1) is 28.7 Å². The molecule has 36 heavy (non-hydrogen) atoms. The molecule has 1 aliphatic heterocycles. The Balaban J connectivity index is 1.63. The van der Waals surface area contributed by atoms with Crippen LogP contribution in [0.4, 0.5) is 18.9 Å². The normalized spacial score (nSPS) is 19.4. The van der Waals surface area contributed by atoms with Gasteiger partial charge in [-0.1, -0.05) is 0 Å². The van der Waals surface area contributed by atoms with E-state index in [9.17, 15) is 22.8 Å². The van der Waals surface area contributed by atoms with Crippen molar-refractivity contribution < 1.29 is 22.7 Å². The third kappa shape index (κ3) is 5.23. The van der Waals surface area contributed by atoms with Gasteiger partial charge in [0.2, 0.25) is 0 Å². The number of ether oxygens (including phenoxy) is 1. The van der Waals surface area contributed by atoms with Crippen molar-refractivity contribution in [3.8, 4) is 0 Å². The summed E-state index contributed by atoms with van der Waals surface area (Å²) in [5, 5.41) is 3.20. The molecule has 3 atom stereocenters. The topological polar surface area (TPSA) is 87.3 Å². The van der Waals surface area contributed by atoms with Gasteiger partial charge >= 0.3 is 6.18 Å². The number of alkyl halides is 3. The Morgan fingerprint density at radius 2 is 1.83 bits per heavy atom. The number of halogens is 3. The van der Waals surface area contributed by atoms with Gasteiger partial charge in [-0.25, -0.2) is 4.98 Å². The monoisotopic (exact) mass is 502 g/mol. The molecular formula is C26H29F3N4O3. The number of aromatic amines is 1. The fourth-order valence-corrected chi connectivity index (χ4v) is 4.72. The third-order valence-corrected chi connectivity index (χ3v) is 6.32. The smallest absolute Gasteiger partial charge is 0.378 e. The van der Waals surface area contributed by atoms with Crippen molar-refractivity contribution >= 4 is 22.5 Å². The first-order valence-electron chi connectivity index (χ1n) is 11.8.